The Morgan fingerprint density at radius 3 is 1.37 bits per heavy atom. The van der Waals surface area contributed by atoms with Crippen LogP contribution in [0, 0.1) is 0 Å². The molecule has 0 radical (unpaired) electrons. The first-order valence-electron chi connectivity index (χ1n) is 17.5. The molecular formula is C49H34N2O. The number of anilines is 3. The number of oxazole rings is 1. The second kappa shape index (κ2) is 13.7. The lowest BCUT2D eigenvalue weighted by molar-refractivity contribution is 0.621. The molecule has 0 aliphatic rings. The molecule has 3 nitrogen and oxygen atoms in total. The Labute approximate surface area is 303 Å². The number of rotatable bonds is 8. The maximum Gasteiger partial charge on any atom is 0.227 e. The van der Waals surface area contributed by atoms with E-state index in [0.29, 0.717) is 5.89 Å². The molecule has 9 rings (SSSR count). The first-order chi connectivity index (χ1) is 25.8. The largest absolute Gasteiger partial charge is 0.435 e. The molecule has 0 spiro atoms. The molecule has 0 fully saturated rings. The van der Waals surface area contributed by atoms with Crippen LogP contribution >= 0.6 is 0 Å². The Kier molecular flexibility index (Phi) is 8.20. The second-order valence-corrected chi connectivity index (χ2v) is 12.8. The smallest absolute Gasteiger partial charge is 0.227 e. The average Bonchev–Trinajstić information content (AvgIpc) is 3.69. The van der Waals surface area contributed by atoms with Gasteiger partial charge in [0, 0.05) is 33.8 Å². The summed E-state index contributed by atoms with van der Waals surface area (Å²) in [5, 5.41) is 0. The molecule has 0 saturated heterocycles. The third kappa shape index (κ3) is 6.06. The van der Waals surface area contributed by atoms with Gasteiger partial charge in [0.1, 0.15) is 5.52 Å². The standard InChI is InChI=1S/C49H34N2O/c1-5-14-35(15-6-1)37-24-28-42(29-25-37)51(44-23-13-22-41(34-44)36-16-7-2-8-17-36)43-30-26-39(27-31-43)46-33-32-45(38-18-9-3-10-19-38)47-48(46)52-49(50-47)40-20-11-4-12-21-40/h1-34H. The Morgan fingerprint density at radius 2 is 0.769 bits per heavy atom. The van der Waals surface area contributed by atoms with Gasteiger partial charge in [-0.15, -0.1) is 0 Å². The van der Waals surface area contributed by atoms with E-state index < -0.39 is 0 Å². The zero-order chi connectivity index (χ0) is 34.7. The Hall–Kier alpha value is -6.97. The Bertz CT molecular complexity index is 2580. The fourth-order valence-corrected chi connectivity index (χ4v) is 6.91. The minimum Gasteiger partial charge on any atom is -0.435 e. The van der Waals surface area contributed by atoms with Crippen molar-refractivity contribution in [2.45, 2.75) is 0 Å². The summed E-state index contributed by atoms with van der Waals surface area (Å²) in [6.45, 7) is 0. The number of aromatic nitrogens is 1. The maximum atomic E-state index is 6.60. The average molecular weight is 667 g/mol. The van der Waals surface area contributed by atoms with E-state index in [2.05, 4.69) is 175 Å². The van der Waals surface area contributed by atoms with E-state index in [9.17, 15) is 0 Å². The van der Waals surface area contributed by atoms with Crippen molar-refractivity contribution >= 4 is 28.2 Å². The number of benzene rings is 8. The summed E-state index contributed by atoms with van der Waals surface area (Å²) in [4.78, 5) is 7.38. The Morgan fingerprint density at radius 1 is 0.327 bits per heavy atom. The van der Waals surface area contributed by atoms with Gasteiger partial charge in [-0.25, -0.2) is 4.98 Å². The van der Waals surface area contributed by atoms with Crippen molar-refractivity contribution < 1.29 is 4.42 Å². The van der Waals surface area contributed by atoms with Crippen molar-refractivity contribution in [2.75, 3.05) is 4.90 Å². The summed E-state index contributed by atoms with van der Waals surface area (Å²) in [5.41, 5.74) is 14.7. The zero-order valence-electron chi connectivity index (χ0n) is 28.4. The van der Waals surface area contributed by atoms with Crippen molar-refractivity contribution in [1.82, 2.24) is 4.98 Å². The highest BCUT2D eigenvalue weighted by Crippen LogP contribution is 2.41. The van der Waals surface area contributed by atoms with Crippen LogP contribution in [0.15, 0.2) is 211 Å². The molecule has 0 saturated carbocycles. The lowest BCUT2D eigenvalue weighted by Crippen LogP contribution is -2.10. The van der Waals surface area contributed by atoms with E-state index in [1.807, 2.05) is 36.4 Å². The molecule has 1 aromatic heterocycles. The van der Waals surface area contributed by atoms with E-state index in [-0.39, 0.29) is 0 Å². The fourth-order valence-electron chi connectivity index (χ4n) is 6.91. The fraction of sp³-hybridized carbons (Fsp3) is 0. The third-order valence-corrected chi connectivity index (χ3v) is 9.53. The molecule has 3 heteroatoms. The van der Waals surface area contributed by atoms with E-state index >= 15 is 0 Å². The van der Waals surface area contributed by atoms with Crippen LogP contribution in [0.2, 0.25) is 0 Å². The van der Waals surface area contributed by atoms with Crippen LogP contribution in [0.3, 0.4) is 0 Å². The lowest BCUT2D eigenvalue weighted by Gasteiger charge is -2.26. The van der Waals surface area contributed by atoms with Crippen LogP contribution in [0.25, 0.3) is 67.1 Å². The summed E-state index contributed by atoms with van der Waals surface area (Å²) in [6.07, 6.45) is 0. The van der Waals surface area contributed by atoms with Crippen LogP contribution in [-0.4, -0.2) is 4.98 Å². The van der Waals surface area contributed by atoms with Crippen LogP contribution in [0.4, 0.5) is 17.1 Å². The van der Waals surface area contributed by atoms with Gasteiger partial charge in [0.15, 0.2) is 5.58 Å². The van der Waals surface area contributed by atoms with Crippen molar-refractivity contribution in [3.63, 3.8) is 0 Å². The molecular weight excluding hydrogens is 633 g/mol. The molecule has 0 aliphatic heterocycles. The van der Waals surface area contributed by atoms with E-state index in [4.69, 9.17) is 9.40 Å². The second-order valence-electron chi connectivity index (χ2n) is 12.8. The maximum absolute atomic E-state index is 6.60. The van der Waals surface area contributed by atoms with Crippen LogP contribution in [0.1, 0.15) is 0 Å². The zero-order valence-corrected chi connectivity index (χ0v) is 28.4. The van der Waals surface area contributed by atoms with Gasteiger partial charge >= 0.3 is 0 Å². The molecule has 0 unspecified atom stereocenters. The van der Waals surface area contributed by atoms with E-state index in [0.717, 1.165) is 56.0 Å². The highest BCUT2D eigenvalue weighted by Gasteiger charge is 2.19. The summed E-state index contributed by atoms with van der Waals surface area (Å²) in [6, 6.07) is 72.2. The SMILES string of the molecule is c1ccc(-c2ccc(N(c3ccc(-c4ccc(-c5ccccc5)c5nc(-c6ccccc6)oc45)cc3)c3cccc(-c4ccccc4)c3)cc2)cc1. The summed E-state index contributed by atoms with van der Waals surface area (Å²) < 4.78 is 6.60. The van der Waals surface area contributed by atoms with Gasteiger partial charge < -0.3 is 9.32 Å². The minimum atomic E-state index is 0.611. The van der Waals surface area contributed by atoms with Crippen LogP contribution in [0.5, 0.6) is 0 Å². The first-order valence-corrected chi connectivity index (χ1v) is 17.5. The highest BCUT2D eigenvalue weighted by atomic mass is 16.3. The summed E-state index contributed by atoms with van der Waals surface area (Å²) >= 11 is 0. The minimum absolute atomic E-state index is 0.611. The quantitative estimate of drug-likeness (QED) is 0.162. The molecule has 0 aliphatic carbocycles. The molecule has 0 N–H and O–H groups in total. The van der Waals surface area contributed by atoms with Gasteiger partial charge in [0.05, 0.1) is 0 Å². The van der Waals surface area contributed by atoms with Crippen LogP contribution in [-0.2, 0) is 0 Å². The van der Waals surface area contributed by atoms with E-state index in [1.165, 1.54) is 22.3 Å². The van der Waals surface area contributed by atoms with Crippen LogP contribution < -0.4 is 4.90 Å². The predicted molar refractivity (Wildman–Crippen MR) is 216 cm³/mol. The van der Waals surface area contributed by atoms with Gasteiger partial charge in [0.2, 0.25) is 5.89 Å². The number of hydrogen-bond donors (Lipinski definition) is 0. The van der Waals surface area contributed by atoms with Gasteiger partial charge in [0.25, 0.3) is 0 Å². The number of hydrogen-bond acceptors (Lipinski definition) is 3. The Balaban J connectivity index is 1.14. The first kappa shape index (κ1) is 31.0. The third-order valence-electron chi connectivity index (χ3n) is 9.53. The van der Waals surface area contributed by atoms with Crippen molar-refractivity contribution in [3.05, 3.63) is 206 Å². The highest BCUT2D eigenvalue weighted by molar-refractivity contribution is 6.00. The predicted octanol–water partition coefficient (Wildman–Crippen LogP) is 13.6. The molecule has 1 heterocycles. The molecule has 246 valence electrons. The molecule has 8 aromatic carbocycles. The molecule has 9 aromatic rings. The van der Waals surface area contributed by atoms with E-state index in [1.54, 1.807) is 0 Å². The summed E-state index contributed by atoms with van der Waals surface area (Å²) in [5.74, 6) is 0.611. The topological polar surface area (TPSA) is 29.3 Å². The number of nitrogens with zero attached hydrogens (tertiary/aromatic N) is 2. The molecule has 0 bridgehead atoms. The summed E-state index contributed by atoms with van der Waals surface area (Å²) in [7, 11) is 0. The molecule has 52 heavy (non-hydrogen) atoms. The van der Waals surface area contributed by atoms with Gasteiger partial charge in [-0.1, -0.05) is 152 Å². The van der Waals surface area contributed by atoms with Gasteiger partial charge in [-0.05, 0) is 88.0 Å². The van der Waals surface area contributed by atoms with Crippen molar-refractivity contribution in [2.24, 2.45) is 0 Å². The molecule has 0 atom stereocenters. The lowest BCUT2D eigenvalue weighted by atomic mass is 9.98. The van der Waals surface area contributed by atoms with Crippen molar-refractivity contribution in [3.8, 4) is 56.0 Å². The van der Waals surface area contributed by atoms with Gasteiger partial charge in [-0.3, -0.25) is 0 Å². The number of fused-ring (bicyclic) bond motifs is 1. The van der Waals surface area contributed by atoms with Crippen molar-refractivity contribution in [1.29, 1.82) is 0 Å². The normalized spacial score (nSPS) is 11.1. The molecule has 0 amide bonds. The van der Waals surface area contributed by atoms with Gasteiger partial charge in [-0.2, -0.15) is 0 Å². The monoisotopic (exact) mass is 666 g/mol.